The number of nitrogens with zero attached hydrogens (tertiary/aromatic N) is 1. The molecule has 124 valence electrons. The van der Waals surface area contributed by atoms with Gasteiger partial charge in [0.15, 0.2) is 0 Å². The van der Waals surface area contributed by atoms with Gasteiger partial charge in [0.25, 0.3) is 0 Å². The first-order valence-electron chi connectivity index (χ1n) is 8.07. The Kier molecular flexibility index (Phi) is 4.65. The monoisotopic (exact) mass is 325 g/mol. The molecule has 24 heavy (non-hydrogen) atoms. The van der Waals surface area contributed by atoms with Crippen LogP contribution in [0.3, 0.4) is 0 Å². The van der Waals surface area contributed by atoms with Gasteiger partial charge in [-0.15, -0.1) is 0 Å². The molecule has 0 N–H and O–H groups in total. The largest absolute Gasteiger partial charge is 0.466 e. The number of hydrogen-bond donors (Lipinski definition) is 0. The molecule has 0 saturated carbocycles. The Morgan fingerprint density at radius 1 is 1.17 bits per heavy atom. The molecular formula is C20H20FNO2. The van der Waals surface area contributed by atoms with Crippen LogP contribution in [0.2, 0.25) is 0 Å². The molecule has 2 aromatic carbocycles. The molecule has 0 aliphatic carbocycles. The molecule has 3 nitrogen and oxygen atoms in total. The predicted molar refractivity (Wildman–Crippen MR) is 92.5 cm³/mol. The Labute approximate surface area is 140 Å². The van der Waals surface area contributed by atoms with Gasteiger partial charge >= 0.3 is 5.97 Å². The number of ether oxygens (including phenoxy) is 1. The van der Waals surface area contributed by atoms with Gasteiger partial charge in [0.2, 0.25) is 0 Å². The summed E-state index contributed by atoms with van der Waals surface area (Å²) in [4.78, 5) is 11.9. The minimum atomic E-state index is -0.301. The lowest BCUT2D eigenvalue weighted by molar-refractivity contribution is -0.142. The number of hydrogen-bond acceptors (Lipinski definition) is 2. The third-order valence-corrected chi connectivity index (χ3v) is 4.23. The van der Waals surface area contributed by atoms with Gasteiger partial charge in [-0.1, -0.05) is 30.3 Å². The summed E-state index contributed by atoms with van der Waals surface area (Å²) < 4.78 is 20.9. The fraction of sp³-hybridized carbons (Fsp3) is 0.250. The molecule has 1 heterocycles. The van der Waals surface area contributed by atoms with Crippen LogP contribution in [0.1, 0.15) is 23.7 Å². The summed E-state index contributed by atoms with van der Waals surface area (Å²) in [6.07, 6.45) is 0.154. The Balaban J connectivity index is 2.08. The van der Waals surface area contributed by atoms with E-state index < -0.39 is 0 Å². The van der Waals surface area contributed by atoms with E-state index in [4.69, 9.17) is 4.74 Å². The molecule has 0 amide bonds. The summed E-state index contributed by atoms with van der Waals surface area (Å²) in [5.74, 6) is -0.590. The molecule has 0 fully saturated rings. The standard InChI is InChI=1S/C20H20FNO2/c1-3-24-20(23)12-17-14(2)22(13-15-7-5-4-6-8-15)19-10-9-16(21)11-18(17)19/h4-11H,3,12-13H2,1-2H3. The lowest BCUT2D eigenvalue weighted by atomic mass is 10.1. The zero-order valence-corrected chi connectivity index (χ0v) is 13.9. The Bertz CT molecular complexity index is 868. The van der Waals surface area contributed by atoms with Crippen LogP contribution in [0.5, 0.6) is 0 Å². The zero-order valence-electron chi connectivity index (χ0n) is 13.9. The van der Waals surface area contributed by atoms with Gasteiger partial charge in [-0.2, -0.15) is 0 Å². The average Bonchev–Trinajstić information content (AvgIpc) is 2.81. The van der Waals surface area contributed by atoms with E-state index in [9.17, 15) is 9.18 Å². The second-order valence-corrected chi connectivity index (χ2v) is 5.78. The van der Waals surface area contributed by atoms with E-state index >= 15 is 0 Å². The number of fused-ring (bicyclic) bond motifs is 1. The van der Waals surface area contributed by atoms with Crippen LogP contribution >= 0.6 is 0 Å². The topological polar surface area (TPSA) is 31.2 Å². The smallest absolute Gasteiger partial charge is 0.310 e. The average molecular weight is 325 g/mol. The maximum absolute atomic E-state index is 13.7. The van der Waals surface area contributed by atoms with Crippen LogP contribution in [-0.4, -0.2) is 17.1 Å². The third-order valence-electron chi connectivity index (χ3n) is 4.23. The fourth-order valence-corrected chi connectivity index (χ4v) is 3.07. The first-order valence-corrected chi connectivity index (χ1v) is 8.07. The molecule has 1 aromatic heterocycles. The summed E-state index contributed by atoms with van der Waals surface area (Å²) in [7, 11) is 0. The first kappa shape index (κ1) is 16.2. The number of aromatic nitrogens is 1. The number of rotatable bonds is 5. The first-order chi connectivity index (χ1) is 11.6. The van der Waals surface area contributed by atoms with Crippen molar-refractivity contribution in [2.24, 2.45) is 0 Å². The zero-order chi connectivity index (χ0) is 17.1. The minimum absolute atomic E-state index is 0.154. The van der Waals surface area contributed by atoms with Gasteiger partial charge in [-0.25, -0.2) is 4.39 Å². The Morgan fingerprint density at radius 3 is 2.62 bits per heavy atom. The van der Waals surface area contributed by atoms with Gasteiger partial charge in [-0.05, 0) is 43.2 Å². The molecule has 0 aliphatic rings. The van der Waals surface area contributed by atoms with E-state index in [1.54, 1.807) is 13.0 Å². The van der Waals surface area contributed by atoms with Crippen molar-refractivity contribution in [2.75, 3.05) is 6.61 Å². The van der Waals surface area contributed by atoms with Crippen LogP contribution in [0, 0.1) is 12.7 Å². The number of esters is 1. The summed E-state index contributed by atoms with van der Waals surface area (Å²) in [5.41, 5.74) is 3.88. The molecule has 3 aromatic rings. The van der Waals surface area contributed by atoms with Crippen LogP contribution in [0.4, 0.5) is 4.39 Å². The van der Waals surface area contributed by atoms with Crippen LogP contribution in [0.15, 0.2) is 48.5 Å². The normalized spacial score (nSPS) is 11.0. The van der Waals surface area contributed by atoms with Crippen molar-refractivity contribution < 1.29 is 13.9 Å². The second-order valence-electron chi connectivity index (χ2n) is 5.78. The SMILES string of the molecule is CCOC(=O)Cc1c(C)n(Cc2ccccc2)c2ccc(F)cc12. The van der Waals surface area contributed by atoms with Gasteiger partial charge in [-0.3, -0.25) is 4.79 Å². The summed E-state index contributed by atoms with van der Waals surface area (Å²) >= 11 is 0. The Morgan fingerprint density at radius 2 is 1.92 bits per heavy atom. The highest BCUT2D eigenvalue weighted by Crippen LogP contribution is 2.28. The quantitative estimate of drug-likeness (QED) is 0.657. The molecule has 0 bridgehead atoms. The molecule has 4 heteroatoms. The number of halogens is 1. The molecule has 0 atom stereocenters. The van der Waals surface area contributed by atoms with Crippen molar-refractivity contribution in [1.29, 1.82) is 0 Å². The van der Waals surface area contributed by atoms with E-state index in [1.165, 1.54) is 12.1 Å². The predicted octanol–water partition coefficient (Wildman–Crippen LogP) is 4.24. The van der Waals surface area contributed by atoms with E-state index in [-0.39, 0.29) is 18.2 Å². The van der Waals surface area contributed by atoms with E-state index in [0.29, 0.717) is 13.2 Å². The molecule has 0 unspecified atom stereocenters. The number of carbonyl (C=O) groups excluding carboxylic acids is 1. The maximum Gasteiger partial charge on any atom is 0.310 e. The highest BCUT2D eigenvalue weighted by molar-refractivity contribution is 5.89. The molecule has 3 rings (SSSR count). The highest BCUT2D eigenvalue weighted by atomic mass is 19.1. The van der Waals surface area contributed by atoms with Crippen molar-refractivity contribution in [3.05, 3.63) is 71.2 Å². The Hall–Kier alpha value is -2.62. The second kappa shape index (κ2) is 6.87. The third kappa shape index (κ3) is 3.18. The van der Waals surface area contributed by atoms with Crippen molar-refractivity contribution in [1.82, 2.24) is 4.57 Å². The van der Waals surface area contributed by atoms with Gasteiger partial charge in [0.1, 0.15) is 5.82 Å². The fourth-order valence-electron chi connectivity index (χ4n) is 3.07. The van der Waals surface area contributed by atoms with Crippen LogP contribution in [0.25, 0.3) is 10.9 Å². The van der Waals surface area contributed by atoms with Crippen molar-refractivity contribution in [3.63, 3.8) is 0 Å². The lowest BCUT2D eigenvalue weighted by Gasteiger charge is -2.09. The summed E-state index contributed by atoms with van der Waals surface area (Å²) in [6.45, 7) is 4.77. The summed E-state index contributed by atoms with van der Waals surface area (Å²) in [6, 6.07) is 14.8. The molecule has 0 radical (unpaired) electrons. The maximum atomic E-state index is 13.7. The van der Waals surface area contributed by atoms with Crippen molar-refractivity contribution >= 4 is 16.9 Å². The van der Waals surface area contributed by atoms with E-state index in [0.717, 1.165) is 27.7 Å². The van der Waals surface area contributed by atoms with Crippen molar-refractivity contribution in [2.45, 2.75) is 26.8 Å². The van der Waals surface area contributed by atoms with E-state index in [2.05, 4.69) is 16.7 Å². The number of carbonyl (C=O) groups is 1. The van der Waals surface area contributed by atoms with Crippen LogP contribution in [-0.2, 0) is 22.5 Å². The molecule has 0 saturated heterocycles. The number of benzene rings is 2. The molecular weight excluding hydrogens is 305 g/mol. The van der Waals surface area contributed by atoms with E-state index in [1.807, 2.05) is 25.1 Å². The highest BCUT2D eigenvalue weighted by Gasteiger charge is 2.18. The summed E-state index contributed by atoms with van der Waals surface area (Å²) in [5, 5.41) is 0.775. The van der Waals surface area contributed by atoms with Crippen LogP contribution < -0.4 is 0 Å². The lowest BCUT2D eigenvalue weighted by Crippen LogP contribution is -2.09. The van der Waals surface area contributed by atoms with Gasteiger partial charge < -0.3 is 9.30 Å². The van der Waals surface area contributed by atoms with Crippen molar-refractivity contribution in [3.8, 4) is 0 Å². The van der Waals surface area contributed by atoms with Gasteiger partial charge in [0.05, 0.1) is 13.0 Å². The molecule has 0 aliphatic heterocycles. The minimum Gasteiger partial charge on any atom is -0.466 e. The molecule has 0 spiro atoms. The van der Waals surface area contributed by atoms with Gasteiger partial charge in [0, 0.05) is 23.1 Å².